The normalized spacial score (nSPS) is 10.8. The number of benzene rings is 2. The molecule has 1 aromatic heterocycles. The molecule has 0 aliphatic heterocycles. The number of hydrogen-bond donors (Lipinski definition) is 1. The zero-order chi connectivity index (χ0) is 18.5. The predicted molar refractivity (Wildman–Crippen MR) is 101 cm³/mol. The second-order valence-corrected chi connectivity index (χ2v) is 6.04. The number of nitrogens with zero attached hydrogens (tertiary/aromatic N) is 2. The van der Waals surface area contributed by atoms with Gasteiger partial charge in [-0.05, 0) is 36.8 Å². The number of methoxy groups -OCH3 is 1. The van der Waals surface area contributed by atoms with Crippen LogP contribution in [-0.2, 0) is 24.4 Å². The first kappa shape index (κ1) is 17.8. The molecule has 0 saturated heterocycles. The van der Waals surface area contributed by atoms with E-state index >= 15 is 0 Å². The molecule has 1 heterocycles. The molecule has 0 radical (unpaired) electrons. The number of amides is 1. The monoisotopic (exact) mass is 353 g/mol. The number of carbonyl (C=O) groups excluding carboxylic acids is 1. The minimum absolute atomic E-state index is 0.0725. The molecule has 0 saturated carbocycles. The molecular formula is C20H23N3O3. The summed E-state index contributed by atoms with van der Waals surface area (Å²) in [5.41, 5.74) is 2.69. The summed E-state index contributed by atoms with van der Waals surface area (Å²) in [7, 11) is 1.62. The molecule has 0 fully saturated rings. The molecule has 0 bridgehead atoms. The Balaban J connectivity index is 1.63. The Labute approximate surface area is 152 Å². The van der Waals surface area contributed by atoms with Crippen LogP contribution in [-0.4, -0.2) is 22.2 Å². The van der Waals surface area contributed by atoms with E-state index in [9.17, 15) is 9.59 Å². The molecule has 2 aromatic carbocycles. The van der Waals surface area contributed by atoms with E-state index in [1.165, 1.54) is 0 Å². The Bertz CT molecular complexity index is 955. The Morgan fingerprint density at radius 2 is 1.69 bits per heavy atom. The number of nitrogens with one attached hydrogen (secondary N) is 1. The number of aromatic nitrogens is 2. The highest BCUT2D eigenvalue weighted by molar-refractivity contribution is 5.78. The van der Waals surface area contributed by atoms with Gasteiger partial charge in [-0.3, -0.25) is 13.9 Å². The molecular weight excluding hydrogens is 330 g/mol. The number of aryl methyl sites for hydroxylation is 2. The lowest BCUT2D eigenvalue weighted by Gasteiger charge is -2.07. The van der Waals surface area contributed by atoms with E-state index in [0.29, 0.717) is 19.6 Å². The van der Waals surface area contributed by atoms with Crippen LogP contribution in [0.15, 0.2) is 53.3 Å². The van der Waals surface area contributed by atoms with Gasteiger partial charge >= 0.3 is 5.69 Å². The second-order valence-electron chi connectivity index (χ2n) is 6.04. The maximum absolute atomic E-state index is 12.6. The third-order valence-corrected chi connectivity index (χ3v) is 4.45. The zero-order valence-electron chi connectivity index (χ0n) is 15.1. The van der Waals surface area contributed by atoms with Gasteiger partial charge in [0.1, 0.15) is 5.75 Å². The molecule has 6 heteroatoms. The zero-order valence-corrected chi connectivity index (χ0v) is 15.1. The maximum Gasteiger partial charge on any atom is 0.329 e. The van der Waals surface area contributed by atoms with Crippen molar-refractivity contribution in [1.29, 1.82) is 0 Å². The highest BCUT2D eigenvalue weighted by Gasteiger charge is 2.12. The minimum atomic E-state index is -0.0824. The Morgan fingerprint density at radius 1 is 1.04 bits per heavy atom. The van der Waals surface area contributed by atoms with Crippen LogP contribution in [0.5, 0.6) is 5.75 Å². The molecule has 3 aromatic rings. The number of para-hydroxylation sites is 2. The topological polar surface area (TPSA) is 65.3 Å². The Morgan fingerprint density at radius 3 is 2.31 bits per heavy atom. The largest absolute Gasteiger partial charge is 0.497 e. The smallest absolute Gasteiger partial charge is 0.329 e. The summed E-state index contributed by atoms with van der Waals surface area (Å²) in [4.78, 5) is 24.7. The first-order chi connectivity index (χ1) is 12.6. The number of carbonyl (C=O) groups is 1. The number of imidazole rings is 1. The van der Waals surface area contributed by atoms with E-state index in [0.717, 1.165) is 22.3 Å². The van der Waals surface area contributed by atoms with Gasteiger partial charge in [0.2, 0.25) is 5.91 Å². The quantitative estimate of drug-likeness (QED) is 0.710. The number of hydrogen-bond acceptors (Lipinski definition) is 3. The first-order valence-corrected chi connectivity index (χ1v) is 8.71. The minimum Gasteiger partial charge on any atom is -0.497 e. The standard InChI is InChI=1S/C20H23N3O3/c1-3-22-17-6-4-5-7-18(17)23(20(22)25)13-12-19(24)21-14-15-8-10-16(26-2)11-9-15/h4-11H,3,12-14H2,1-2H3,(H,21,24). The summed E-state index contributed by atoms with van der Waals surface area (Å²) >= 11 is 0. The van der Waals surface area contributed by atoms with E-state index in [-0.39, 0.29) is 18.0 Å². The summed E-state index contributed by atoms with van der Waals surface area (Å²) in [6, 6.07) is 15.2. The van der Waals surface area contributed by atoms with Crippen molar-refractivity contribution < 1.29 is 9.53 Å². The summed E-state index contributed by atoms with van der Waals surface area (Å²) in [5.74, 6) is 0.702. The fourth-order valence-electron chi connectivity index (χ4n) is 3.04. The fraction of sp³-hybridized carbons (Fsp3) is 0.300. The van der Waals surface area contributed by atoms with Gasteiger partial charge in [0.25, 0.3) is 0 Å². The first-order valence-electron chi connectivity index (χ1n) is 8.71. The van der Waals surface area contributed by atoms with Crippen LogP contribution in [0, 0.1) is 0 Å². The van der Waals surface area contributed by atoms with E-state index in [1.807, 2.05) is 55.5 Å². The molecule has 0 aliphatic carbocycles. The van der Waals surface area contributed by atoms with Crippen LogP contribution in [0.4, 0.5) is 0 Å². The lowest BCUT2D eigenvalue weighted by atomic mass is 10.2. The summed E-state index contributed by atoms with van der Waals surface area (Å²) < 4.78 is 8.52. The second kappa shape index (κ2) is 7.91. The summed E-state index contributed by atoms with van der Waals surface area (Å²) in [5, 5.41) is 2.89. The third-order valence-electron chi connectivity index (χ3n) is 4.45. The highest BCUT2D eigenvalue weighted by Crippen LogP contribution is 2.13. The summed E-state index contributed by atoms with van der Waals surface area (Å²) in [6.45, 7) is 3.37. The van der Waals surface area contributed by atoms with Crippen molar-refractivity contribution in [3.8, 4) is 5.75 Å². The lowest BCUT2D eigenvalue weighted by molar-refractivity contribution is -0.121. The van der Waals surface area contributed by atoms with Gasteiger partial charge < -0.3 is 10.1 Å². The van der Waals surface area contributed by atoms with E-state index in [4.69, 9.17) is 4.74 Å². The Hall–Kier alpha value is -3.02. The molecule has 1 amide bonds. The van der Waals surface area contributed by atoms with Gasteiger partial charge in [0, 0.05) is 26.1 Å². The van der Waals surface area contributed by atoms with E-state index in [1.54, 1.807) is 16.2 Å². The number of fused-ring (bicyclic) bond motifs is 1. The molecule has 26 heavy (non-hydrogen) atoms. The van der Waals surface area contributed by atoms with Gasteiger partial charge in [-0.2, -0.15) is 0 Å². The van der Waals surface area contributed by atoms with E-state index < -0.39 is 0 Å². The van der Waals surface area contributed by atoms with Gasteiger partial charge in [-0.25, -0.2) is 4.79 Å². The predicted octanol–water partition coefficient (Wildman–Crippen LogP) is 2.54. The molecule has 0 unspecified atom stereocenters. The Kier molecular flexibility index (Phi) is 5.41. The van der Waals surface area contributed by atoms with Crippen LogP contribution in [0.1, 0.15) is 18.9 Å². The fourth-order valence-corrected chi connectivity index (χ4v) is 3.04. The van der Waals surface area contributed by atoms with Crippen molar-refractivity contribution in [3.05, 3.63) is 64.6 Å². The van der Waals surface area contributed by atoms with Crippen LogP contribution < -0.4 is 15.7 Å². The summed E-state index contributed by atoms with van der Waals surface area (Å²) in [6.07, 6.45) is 0.258. The highest BCUT2D eigenvalue weighted by atomic mass is 16.5. The van der Waals surface area contributed by atoms with Crippen LogP contribution in [0.25, 0.3) is 11.0 Å². The maximum atomic E-state index is 12.6. The van der Waals surface area contributed by atoms with Gasteiger partial charge in [0.05, 0.1) is 18.1 Å². The average Bonchev–Trinajstić information content (AvgIpc) is 2.95. The number of rotatable bonds is 7. The molecule has 1 N–H and O–H groups in total. The lowest BCUT2D eigenvalue weighted by Crippen LogP contribution is -2.28. The third kappa shape index (κ3) is 3.64. The molecule has 0 aliphatic rings. The van der Waals surface area contributed by atoms with Crippen molar-refractivity contribution in [2.24, 2.45) is 0 Å². The molecule has 0 atom stereocenters. The van der Waals surface area contributed by atoms with Gasteiger partial charge in [0.15, 0.2) is 0 Å². The van der Waals surface area contributed by atoms with Crippen LogP contribution in [0.3, 0.4) is 0 Å². The molecule has 6 nitrogen and oxygen atoms in total. The van der Waals surface area contributed by atoms with Crippen molar-refractivity contribution in [1.82, 2.24) is 14.5 Å². The molecule has 0 spiro atoms. The van der Waals surface area contributed by atoms with Crippen molar-refractivity contribution in [3.63, 3.8) is 0 Å². The van der Waals surface area contributed by atoms with Crippen LogP contribution >= 0.6 is 0 Å². The van der Waals surface area contributed by atoms with Crippen molar-refractivity contribution >= 4 is 16.9 Å². The van der Waals surface area contributed by atoms with Crippen LogP contribution in [0.2, 0.25) is 0 Å². The van der Waals surface area contributed by atoms with Crippen molar-refractivity contribution in [2.45, 2.75) is 33.0 Å². The van der Waals surface area contributed by atoms with Crippen molar-refractivity contribution in [2.75, 3.05) is 7.11 Å². The van der Waals surface area contributed by atoms with Gasteiger partial charge in [-0.15, -0.1) is 0 Å². The van der Waals surface area contributed by atoms with Gasteiger partial charge in [-0.1, -0.05) is 24.3 Å². The molecule has 3 rings (SSSR count). The SMILES string of the molecule is CCn1c(=O)n(CCC(=O)NCc2ccc(OC)cc2)c2ccccc21. The number of ether oxygens (including phenoxy) is 1. The molecule has 136 valence electrons. The average molecular weight is 353 g/mol. The van der Waals surface area contributed by atoms with E-state index in [2.05, 4.69) is 5.32 Å².